The van der Waals surface area contributed by atoms with Crippen molar-refractivity contribution in [2.24, 2.45) is 5.41 Å². The van der Waals surface area contributed by atoms with Gasteiger partial charge in [0.15, 0.2) is 0 Å². The molecule has 0 aliphatic heterocycles. The summed E-state index contributed by atoms with van der Waals surface area (Å²) in [5.41, 5.74) is -4.14. The van der Waals surface area contributed by atoms with Gasteiger partial charge in [0.1, 0.15) is 23.2 Å². The van der Waals surface area contributed by atoms with E-state index in [0.717, 1.165) is 12.1 Å². The monoisotopic (exact) mass is 549 g/mol. The molecule has 0 saturated heterocycles. The first-order valence-electron chi connectivity index (χ1n) is 10.9. The number of H-pyrrole nitrogens is 1. The van der Waals surface area contributed by atoms with E-state index >= 15 is 0 Å². The first kappa shape index (κ1) is 30.3. The molecule has 1 amide bonds. The van der Waals surface area contributed by atoms with Crippen molar-refractivity contribution in [2.75, 3.05) is 13.2 Å². The minimum atomic E-state index is -1.58. The SMILES string of the molecule is CC(C)(CO)C(O)C(=O)NCCC(=O)O.O=C(O)c1cc(C(=O)O)c2c(n1)C(=O)C(=O)c1cc(C(=O)O)[nH]c1-2. The van der Waals surface area contributed by atoms with Gasteiger partial charge in [0, 0.05) is 17.5 Å². The van der Waals surface area contributed by atoms with Gasteiger partial charge in [0.25, 0.3) is 5.78 Å². The molecule has 0 fully saturated rings. The fraction of sp³-hybridized carbons (Fsp3) is 0.304. The van der Waals surface area contributed by atoms with Crippen LogP contribution in [0.2, 0.25) is 0 Å². The van der Waals surface area contributed by atoms with E-state index in [4.69, 9.17) is 20.4 Å². The predicted octanol–water partition coefficient (Wildman–Crippen LogP) is -0.493. The van der Waals surface area contributed by atoms with E-state index < -0.39 is 75.5 Å². The molecule has 2 heterocycles. The molecule has 8 N–H and O–H groups in total. The molecule has 3 rings (SSSR count). The van der Waals surface area contributed by atoms with E-state index in [0.29, 0.717) is 0 Å². The summed E-state index contributed by atoms with van der Waals surface area (Å²) in [4.78, 5) is 85.1. The van der Waals surface area contributed by atoms with Gasteiger partial charge in [-0.1, -0.05) is 13.8 Å². The van der Waals surface area contributed by atoms with Crippen LogP contribution in [0.1, 0.15) is 72.4 Å². The number of aliphatic carboxylic acids is 1. The van der Waals surface area contributed by atoms with E-state index in [1.54, 1.807) is 0 Å². The smallest absolute Gasteiger partial charge is 0.354 e. The van der Waals surface area contributed by atoms with Gasteiger partial charge < -0.3 is 40.9 Å². The Morgan fingerprint density at radius 3 is 2.08 bits per heavy atom. The van der Waals surface area contributed by atoms with Crippen LogP contribution in [0.3, 0.4) is 0 Å². The highest BCUT2D eigenvalue weighted by Gasteiger charge is 2.38. The summed E-state index contributed by atoms with van der Waals surface area (Å²) in [6.45, 7) is 2.70. The van der Waals surface area contributed by atoms with E-state index in [1.807, 2.05) is 0 Å². The Morgan fingerprint density at radius 2 is 1.59 bits per heavy atom. The number of rotatable bonds is 9. The number of amides is 1. The van der Waals surface area contributed by atoms with Crippen LogP contribution in [-0.2, 0) is 9.59 Å². The van der Waals surface area contributed by atoms with E-state index in [-0.39, 0.29) is 36.4 Å². The number of carboxylic acid groups (broad SMARTS) is 4. The second kappa shape index (κ2) is 11.6. The topological polar surface area (TPSA) is 282 Å². The number of carboxylic acids is 4. The van der Waals surface area contributed by atoms with Gasteiger partial charge in [-0.3, -0.25) is 19.2 Å². The lowest BCUT2D eigenvalue weighted by molar-refractivity contribution is -0.138. The number of nitrogens with one attached hydrogen (secondary N) is 2. The summed E-state index contributed by atoms with van der Waals surface area (Å²) in [5.74, 6) is -8.56. The van der Waals surface area contributed by atoms with Crippen LogP contribution in [0.15, 0.2) is 12.1 Å². The van der Waals surface area contributed by atoms with E-state index in [2.05, 4.69) is 15.3 Å². The third-order valence-corrected chi connectivity index (χ3v) is 5.47. The Hall–Kier alpha value is -4.96. The Bertz CT molecular complexity index is 1390. The zero-order chi connectivity index (χ0) is 29.8. The highest BCUT2D eigenvalue weighted by Crippen LogP contribution is 2.35. The van der Waals surface area contributed by atoms with Crippen LogP contribution in [0.5, 0.6) is 0 Å². The number of carbonyl (C=O) groups excluding carboxylic acids is 3. The average molecular weight is 549 g/mol. The second-order valence-electron chi connectivity index (χ2n) is 8.81. The molecule has 208 valence electrons. The molecule has 1 aliphatic rings. The number of pyridine rings is 1. The van der Waals surface area contributed by atoms with Crippen molar-refractivity contribution >= 4 is 41.4 Å². The van der Waals surface area contributed by atoms with Crippen molar-refractivity contribution in [3.63, 3.8) is 0 Å². The highest BCUT2D eigenvalue weighted by atomic mass is 16.4. The third-order valence-electron chi connectivity index (χ3n) is 5.47. The fourth-order valence-corrected chi connectivity index (χ4v) is 3.25. The van der Waals surface area contributed by atoms with Crippen molar-refractivity contribution in [1.82, 2.24) is 15.3 Å². The number of aliphatic hydroxyl groups excluding tert-OH is 2. The molecule has 1 unspecified atom stereocenters. The van der Waals surface area contributed by atoms with Crippen LogP contribution < -0.4 is 5.32 Å². The van der Waals surface area contributed by atoms with Crippen molar-refractivity contribution < 1.29 is 64.2 Å². The molecular weight excluding hydrogens is 526 g/mol. The first-order chi connectivity index (χ1) is 18.0. The Kier molecular flexibility index (Phi) is 9.01. The largest absolute Gasteiger partial charge is 0.481 e. The molecule has 0 aromatic carbocycles. The summed E-state index contributed by atoms with van der Waals surface area (Å²) in [5, 5.41) is 56.2. The number of ketones is 2. The van der Waals surface area contributed by atoms with E-state index in [1.165, 1.54) is 13.8 Å². The van der Waals surface area contributed by atoms with Crippen molar-refractivity contribution in [3.05, 3.63) is 40.3 Å². The summed E-state index contributed by atoms with van der Waals surface area (Å²) in [6.07, 6.45) is -1.55. The quantitative estimate of drug-likeness (QED) is 0.183. The van der Waals surface area contributed by atoms with Crippen LogP contribution in [0.25, 0.3) is 11.3 Å². The fourth-order valence-electron chi connectivity index (χ4n) is 3.25. The molecule has 0 saturated carbocycles. The molecule has 1 atom stereocenters. The molecule has 16 heteroatoms. The maximum Gasteiger partial charge on any atom is 0.354 e. The maximum atomic E-state index is 12.1. The molecule has 0 radical (unpaired) electrons. The number of aromatic carboxylic acids is 3. The molecule has 16 nitrogen and oxygen atoms in total. The number of hydrogen-bond donors (Lipinski definition) is 8. The van der Waals surface area contributed by atoms with Gasteiger partial charge in [-0.25, -0.2) is 19.4 Å². The summed E-state index contributed by atoms with van der Waals surface area (Å²) < 4.78 is 0. The van der Waals surface area contributed by atoms with Crippen LogP contribution >= 0.6 is 0 Å². The molecular formula is C23H23N3O13. The zero-order valence-electron chi connectivity index (χ0n) is 20.3. The highest BCUT2D eigenvalue weighted by molar-refractivity contribution is 6.52. The molecule has 1 aliphatic carbocycles. The first-order valence-corrected chi connectivity index (χ1v) is 10.9. The van der Waals surface area contributed by atoms with Gasteiger partial charge in [-0.05, 0) is 12.1 Å². The lowest BCUT2D eigenvalue weighted by atomic mass is 9.87. The lowest BCUT2D eigenvalue weighted by Crippen LogP contribution is -2.45. The number of aromatic amines is 1. The van der Waals surface area contributed by atoms with E-state index in [9.17, 15) is 43.8 Å². The number of aliphatic hydroxyl groups is 2. The average Bonchev–Trinajstić information content (AvgIpc) is 3.32. The van der Waals surface area contributed by atoms with Gasteiger partial charge >= 0.3 is 23.9 Å². The minimum absolute atomic E-state index is 0.0350. The number of aromatic nitrogens is 2. The molecule has 0 bridgehead atoms. The number of nitrogens with zero attached hydrogens (tertiary/aromatic N) is 1. The van der Waals surface area contributed by atoms with Crippen molar-refractivity contribution in [2.45, 2.75) is 26.4 Å². The predicted molar refractivity (Wildman–Crippen MR) is 126 cm³/mol. The Balaban J connectivity index is 0.000000309. The standard InChI is InChI=1S/C14H6N2O8.C9H17NO5/c17-10-4-2-6(14(23)24)15-8(4)7-3(12(19)20)1-5(13(21)22)16-9(7)11(10)18;1-9(2,5-11)7(14)8(15)10-4-3-6(12)13/h1-2,15H,(H,19,20)(H,21,22)(H,23,24);7,11,14H,3-5H2,1-2H3,(H,10,15)(H,12,13). The third kappa shape index (κ3) is 6.49. The van der Waals surface area contributed by atoms with Crippen LogP contribution in [0.4, 0.5) is 0 Å². The van der Waals surface area contributed by atoms with Crippen molar-refractivity contribution in [1.29, 1.82) is 0 Å². The van der Waals surface area contributed by atoms with Crippen molar-refractivity contribution in [3.8, 4) is 11.3 Å². The van der Waals surface area contributed by atoms with Gasteiger partial charge in [-0.2, -0.15) is 0 Å². The maximum absolute atomic E-state index is 12.1. The minimum Gasteiger partial charge on any atom is -0.481 e. The van der Waals surface area contributed by atoms with Gasteiger partial charge in [-0.15, -0.1) is 0 Å². The lowest BCUT2D eigenvalue weighted by Gasteiger charge is -2.26. The summed E-state index contributed by atoms with van der Waals surface area (Å²) in [7, 11) is 0. The van der Waals surface area contributed by atoms with Gasteiger partial charge in [0.05, 0.1) is 29.8 Å². The molecule has 0 spiro atoms. The number of fused-ring (bicyclic) bond motifs is 3. The number of hydrogen-bond acceptors (Lipinski definition) is 10. The zero-order valence-corrected chi connectivity index (χ0v) is 20.3. The van der Waals surface area contributed by atoms with Crippen LogP contribution in [-0.4, -0.2) is 101 Å². The summed E-state index contributed by atoms with van der Waals surface area (Å²) >= 11 is 0. The summed E-state index contributed by atoms with van der Waals surface area (Å²) in [6, 6.07) is 1.65. The second-order valence-corrected chi connectivity index (χ2v) is 8.81. The molecule has 2 aromatic heterocycles. The number of carbonyl (C=O) groups is 7. The molecule has 39 heavy (non-hydrogen) atoms. The Morgan fingerprint density at radius 1 is 0.974 bits per heavy atom. The number of Topliss-reactive ketones (excluding diaryl/α,β-unsaturated/α-hetero) is 2. The Labute approximate surface area is 217 Å². The van der Waals surface area contributed by atoms with Crippen LogP contribution in [0, 0.1) is 5.41 Å². The normalized spacial score (nSPS) is 12.8. The van der Waals surface area contributed by atoms with Gasteiger partial charge in [0.2, 0.25) is 11.7 Å². The molecule has 2 aromatic rings.